The van der Waals surface area contributed by atoms with Crippen LogP contribution in [-0.4, -0.2) is 12.6 Å². The Kier molecular flexibility index (Phi) is 5.23. The molecule has 0 saturated carbocycles. The van der Waals surface area contributed by atoms with Gasteiger partial charge in [0.2, 0.25) is 0 Å². The Morgan fingerprint density at radius 3 is 2.40 bits per heavy atom. The number of rotatable bonds is 5. The quantitative estimate of drug-likeness (QED) is 0.835. The molecule has 0 bridgehead atoms. The SMILES string of the molecule is CCC(N)CCNc1cc(Cl)cc(Cl)c1. The van der Waals surface area contributed by atoms with Crippen LogP contribution < -0.4 is 11.1 Å². The average Bonchev–Trinajstić information content (AvgIpc) is 2.16. The lowest BCUT2D eigenvalue weighted by molar-refractivity contribution is 0.613. The second kappa shape index (κ2) is 6.21. The van der Waals surface area contributed by atoms with Crippen molar-refractivity contribution in [2.24, 2.45) is 5.73 Å². The van der Waals surface area contributed by atoms with Gasteiger partial charge >= 0.3 is 0 Å². The number of halogens is 2. The van der Waals surface area contributed by atoms with Gasteiger partial charge in [-0.2, -0.15) is 0 Å². The highest BCUT2D eigenvalue weighted by molar-refractivity contribution is 6.35. The zero-order chi connectivity index (χ0) is 11.3. The minimum Gasteiger partial charge on any atom is -0.385 e. The van der Waals surface area contributed by atoms with Crippen LogP contribution in [0.4, 0.5) is 5.69 Å². The molecule has 1 aromatic rings. The van der Waals surface area contributed by atoms with Crippen molar-refractivity contribution in [3.8, 4) is 0 Å². The van der Waals surface area contributed by atoms with E-state index in [1.165, 1.54) is 0 Å². The van der Waals surface area contributed by atoms with Gasteiger partial charge in [-0.3, -0.25) is 0 Å². The first-order valence-electron chi connectivity index (χ1n) is 5.07. The summed E-state index contributed by atoms with van der Waals surface area (Å²) in [6, 6.07) is 5.68. The van der Waals surface area contributed by atoms with E-state index in [0.29, 0.717) is 10.0 Å². The lowest BCUT2D eigenvalue weighted by atomic mass is 10.2. The van der Waals surface area contributed by atoms with Crippen molar-refractivity contribution < 1.29 is 0 Å². The van der Waals surface area contributed by atoms with E-state index in [9.17, 15) is 0 Å². The Balaban J connectivity index is 2.43. The maximum atomic E-state index is 5.87. The first-order chi connectivity index (χ1) is 7.11. The Labute approximate surface area is 101 Å². The first kappa shape index (κ1) is 12.6. The summed E-state index contributed by atoms with van der Waals surface area (Å²) in [5.41, 5.74) is 6.75. The van der Waals surface area contributed by atoms with Crippen molar-refractivity contribution in [2.75, 3.05) is 11.9 Å². The summed E-state index contributed by atoms with van der Waals surface area (Å²) in [5, 5.41) is 4.53. The van der Waals surface area contributed by atoms with Crippen molar-refractivity contribution in [1.29, 1.82) is 0 Å². The predicted molar refractivity (Wildman–Crippen MR) is 67.8 cm³/mol. The molecule has 15 heavy (non-hydrogen) atoms. The Hall–Kier alpha value is -0.440. The number of hydrogen-bond donors (Lipinski definition) is 2. The Morgan fingerprint density at radius 2 is 1.87 bits per heavy atom. The molecule has 4 heteroatoms. The third kappa shape index (κ3) is 4.74. The van der Waals surface area contributed by atoms with Gasteiger partial charge in [-0.25, -0.2) is 0 Å². The molecular weight excluding hydrogens is 231 g/mol. The zero-order valence-corrected chi connectivity index (χ0v) is 10.3. The zero-order valence-electron chi connectivity index (χ0n) is 8.76. The van der Waals surface area contributed by atoms with E-state index in [-0.39, 0.29) is 6.04 Å². The van der Waals surface area contributed by atoms with Gasteiger partial charge in [0.1, 0.15) is 0 Å². The van der Waals surface area contributed by atoms with Crippen LogP contribution >= 0.6 is 23.2 Å². The molecule has 0 spiro atoms. The normalized spacial score (nSPS) is 12.5. The smallest absolute Gasteiger partial charge is 0.0441 e. The summed E-state index contributed by atoms with van der Waals surface area (Å²) < 4.78 is 0. The third-order valence-electron chi connectivity index (χ3n) is 2.23. The van der Waals surface area contributed by atoms with Crippen molar-refractivity contribution in [3.05, 3.63) is 28.2 Å². The lowest BCUT2D eigenvalue weighted by Crippen LogP contribution is -2.22. The molecule has 1 unspecified atom stereocenters. The van der Waals surface area contributed by atoms with E-state index in [1.807, 2.05) is 12.1 Å². The summed E-state index contributed by atoms with van der Waals surface area (Å²) in [4.78, 5) is 0. The predicted octanol–water partition coefficient (Wildman–Crippen LogP) is 3.53. The van der Waals surface area contributed by atoms with Gasteiger partial charge in [0.25, 0.3) is 0 Å². The molecule has 0 saturated heterocycles. The van der Waals surface area contributed by atoms with E-state index < -0.39 is 0 Å². The second-order valence-corrected chi connectivity index (χ2v) is 4.41. The van der Waals surface area contributed by atoms with Crippen LogP contribution in [0.1, 0.15) is 19.8 Å². The van der Waals surface area contributed by atoms with Crippen LogP contribution in [0, 0.1) is 0 Å². The van der Waals surface area contributed by atoms with Crippen molar-refractivity contribution in [1.82, 2.24) is 0 Å². The third-order valence-corrected chi connectivity index (χ3v) is 2.67. The molecule has 0 aliphatic carbocycles. The minimum atomic E-state index is 0.257. The number of anilines is 1. The van der Waals surface area contributed by atoms with Gasteiger partial charge in [-0.1, -0.05) is 30.1 Å². The first-order valence-corrected chi connectivity index (χ1v) is 5.83. The second-order valence-electron chi connectivity index (χ2n) is 3.54. The minimum absolute atomic E-state index is 0.257. The molecule has 0 aliphatic rings. The van der Waals surface area contributed by atoms with E-state index >= 15 is 0 Å². The molecule has 0 fully saturated rings. The molecular formula is C11H16Cl2N2. The molecule has 1 atom stereocenters. The van der Waals surface area contributed by atoms with Crippen LogP contribution in [0.5, 0.6) is 0 Å². The molecule has 1 aromatic carbocycles. The molecule has 0 radical (unpaired) electrons. The monoisotopic (exact) mass is 246 g/mol. The van der Waals surface area contributed by atoms with Crippen LogP contribution in [0.15, 0.2) is 18.2 Å². The number of nitrogens with one attached hydrogen (secondary N) is 1. The molecule has 84 valence electrons. The maximum Gasteiger partial charge on any atom is 0.0441 e. The fourth-order valence-corrected chi connectivity index (χ4v) is 1.79. The highest BCUT2D eigenvalue weighted by atomic mass is 35.5. The van der Waals surface area contributed by atoms with Crippen LogP contribution in [0.3, 0.4) is 0 Å². The molecule has 2 nitrogen and oxygen atoms in total. The van der Waals surface area contributed by atoms with Gasteiger partial charge < -0.3 is 11.1 Å². The topological polar surface area (TPSA) is 38.0 Å². The highest BCUT2D eigenvalue weighted by Gasteiger charge is 2.00. The largest absolute Gasteiger partial charge is 0.385 e. The highest BCUT2D eigenvalue weighted by Crippen LogP contribution is 2.22. The van der Waals surface area contributed by atoms with E-state index in [1.54, 1.807) is 6.07 Å². The van der Waals surface area contributed by atoms with Crippen molar-refractivity contribution in [2.45, 2.75) is 25.8 Å². The average molecular weight is 247 g/mol. The van der Waals surface area contributed by atoms with Crippen LogP contribution in [0.25, 0.3) is 0 Å². The van der Waals surface area contributed by atoms with Gasteiger partial charge in [0.15, 0.2) is 0 Å². The molecule has 0 amide bonds. The summed E-state index contributed by atoms with van der Waals surface area (Å²) in [6.07, 6.45) is 1.94. The van der Waals surface area contributed by atoms with Gasteiger partial charge in [-0.05, 0) is 31.0 Å². The molecule has 0 heterocycles. The van der Waals surface area contributed by atoms with Gasteiger partial charge in [0, 0.05) is 28.3 Å². The van der Waals surface area contributed by atoms with Crippen LogP contribution in [-0.2, 0) is 0 Å². The summed E-state index contributed by atoms with van der Waals surface area (Å²) in [5.74, 6) is 0. The molecule has 0 aliphatic heterocycles. The van der Waals surface area contributed by atoms with Crippen LogP contribution in [0.2, 0.25) is 10.0 Å². The van der Waals surface area contributed by atoms with E-state index in [2.05, 4.69) is 12.2 Å². The molecule has 3 N–H and O–H groups in total. The standard InChI is InChI=1S/C11H16Cl2N2/c1-2-10(14)3-4-15-11-6-8(12)5-9(13)7-11/h5-7,10,15H,2-4,14H2,1H3. The van der Waals surface area contributed by atoms with E-state index in [4.69, 9.17) is 28.9 Å². The van der Waals surface area contributed by atoms with Gasteiger partial charge in [-0.15, -0.1) is 0 Å². The summed E-state index contributed by atoms with van der Waals surface area (Å²) in [7, 11) is 0. The summed E-state index contributed by atoms with van der Waals surface area (Å²) in [6.45, 7) is 2.92. The Bertz CT molecular complexity index is 295. The number of nitrogens with two attached hydrogens (primary N) is 1. The fourth-order valence-electron chi connectivity index (χ4n) is 1.26. The summed E-state index contributed by atoms with van der Waals surface area (Å²) >= 11 is 11.7. The molecule has 1 rings (SSSR count). The fraction of sp³-hybridized carbons (Fsp3) is 0.455. The number of hydrogen-bond acceptors (Lipinski definition) is 2. The molecule has 0 aromatic heterocycles. The maximum absolute atomic E-state index is 5.87. The number of benzene rings is 1. The Morgan fingerprint density at radius 1 is 1.27 bits per heavy atom. The van der Waals surface area contributed by atoms with Crippen molar-refractivity contribution >= 4 is 28.9 Å². The van der Waals surface area contributed by atoms with Crippen molar-refractivity contribution in [3.63, 3.8) is 0 Å². The van der Waals surface area contributed by atoms with Gasteiger partial charge in [0.05, 0.1) is 0 Å². The lowest BCUT2D eigenvalue weighted by Gasteiger charge is -2.11. The van der Waals surface area contributed by atoms with E-state index in [0.717, 1.165) is 25.1 Å².